The van der Waals surface area contributed by atoms with Crippen LogP contribution in [-0.2, 0) is 4.79 Å². The summed E-state index contributed by atoms with van der Waals surface area (Å²) in [4.78, 5) is 12.6. The van der Waals surface area contributed by atoms with E-state index in [9.17, 15) is 4.79 Å². The number of benzene rings is 1. The Morgan fingerprint density at radius 1 is 1.22 bits per heavy atom. The van der Waals surface area contributed by atoms with Gasteiger partial charge >= 0.3 is 5.91 Å². The van der Waals surface area contributed by atoms with Gasteiger partial charge in [0.25, 0.3) is 0 Å². The number of carbonyl (C=O) groups is 1. The van der Waals surface area contributed by atoms with Gasteiger partial charge in [0, 0.05) is 12.7 Å². The van der Waals surface area contributed by atoms with Crippen LogP contribution in [0.25, 0.3) is 0 Å². The van der Waals surface area contributed by atoms with Crippen LogP contribution in [0.1, 0.15) is 43.6 Å². The summed E-state index contributed by atoms with van der Waals surface area (Å²) >= 11 is 0. The van der Waals surface area contributed by atoms with Crippen LogP contribution in [-0.4, -0.2) is 13.0 Å². The van der Waals surface area contributed by atoms with Crippen molar-refractivity contribution in [3.63, 3.8) is 0 Å². The van der Waals surface area contributed by atoms with Gasteiger partial charge in [-0.15, -0.1) is 0 Å². The van der Waals surface area contributed by atoms with Crippen molar-refractivity contribution < 1.29 is 4.79 Å². The van der Waals surface area contributed by atoms with E-state index >= 15 is 0 Å². The topological polar surface area (TPSA) is 44.1 Å². The largest absolute Gasteiger partial charge is 0.329 e. The predicted molar refractivity (Wildman–Crippen MR) is 71.3 cm³/mol. The monoisotopic (exact) mass is 242 g/mol. The lowest BCUT2D eigenvalue weighted by Gasteiger charge is -2.22. The number of hydrogen-bond acceptors (Lipinski definition) is 2. The van der Waals surface area contributed by atoms with E-state index in [0.717, 1.165) is 5.69 Å². The number of amides is 1. The van der Waals surface area contributed by atoms with E-state index in [1.165, 1.54) is 42.6 Å². The molecule has 0 heterocycles. The van der Waals surface area contributed by atoms with E-state index in [0.29, 0.717) is 5.92 Å². The van der Waals surface area contributed by atoms with Gasteiger partial charge in [0.1, 0.15) is 0 Å². The smallest absolute Gasteiger partial charge is 0.303 e. The van der Waals surface area contributed by atoms with Crippen molar-refractivity contribution in [2.24, 2.45) is 0 Å². The van der Waals surface area contributed by atoms with E-state index in [4.69, 9.17) is 5.26 Å². The van der Waals surface area contributed by atoms with Gasteiger partial charge in [-0.2, -0.15) is 5.26 Å². The minimum atomic E-state index is -0.527. The third-order valence-corrected chi connectivity index (χ3v) is 3.76. The van der Waals surface area contributed by atoms with E-state index in [1.54, 1.807) is 13.1 Å². The van der Waals surface area contributed by atoms with Gasteiger partial charge in [0.2, 0.25) is 0 Å². The third-order valence-electron chi connectivity index (χ3n) is 3.76. The van der Waals surface area contributed by atoms with Crippen molar-refractivity contribution in [3.8, 4) is 6.07 Å². The molecule has 3 nitrogen and oxygen atoms in total. The van der Waals surface area contributed by atoms with E-state index in [2.05, 4.69) is 12.1 Å². The fourth-order valence-electron chi connectivity index (χ4n) is 2.60. The molecule has 0 saturated heterocycles. The molecule has 18 heavy (non-hydrogen) atoms. The molecule has 3 heteroatoms. The summed E-state index contributed by atoms with van der Waals surface area (Å²) in [5.74, 6) is 0.144. The Bertz CT molecular complexity index is 452. The SMILES string of the molecule is CN(C(=O)C#N)c1ccc(C2CCCCC2)cc1. The first-order valence-electron chi connectivity index (χ1n) is 6.50. The Balaban J connectivity index is 2.10. The zero-order valence-corrected chi connectivity index (χ0v) is 10.7. The number of carbonyl (C=O) groups excluding carboxylic acids is 1. The number of nitrogens with zero attached hydrogens (tertiary/aromatic N) is 2. The first-order valence-corrected chi connectivity index (χ1v) is 6.50. The van der Waals surface area contributed by atoms with E-state index in [1.807, 2.05) is 12.1 Å². The number of nitriles is 1. The quantitative estimate of drug-likeness (QED) is 0.747. The van der Waals surface area contributed by atoms with Crippen LogP contribution < -0.4 is 4.90 Å². The summed E-state index contributed by atoms with van der Waals surface area (Å²) in [7, 11) is 1.63. The molecule has 0 N–H and O–H groups in total. The maximum atomic E-state index is 11.3. The molecular formula is C15H18N2O. The van der Waals surface area contributed by atoms with E-state index in [-0.39, 0.29) is 0 Å². The zero-order valence-electron chi connectivity index (χ0n) is 10.7. The average Bonchev–Trinajstić information content (AvgIpc) is 2.47. The van der Waals surface area contributed by atoms with Gasteiger partial charge in [-0.1, -0.05) is 31.4 Å². The van der Waals surface area contributed by atoms with Crippen LogP contribution in [0.2, 0.25) is 0 Å². The predicted octanol–water partition coefficient (Wildman–Crippen LogP) is 3.22. The summed E-state index contributed by atoms with van der Waals surface area (Å²) in [6, 6.07) is 9.67. The summed E-state index contributed by atoms with van der Waals surface area (Å²) in [5, 5.41) is 8.58. The Labute approximate surface area is 108 Å². The van der Waals surface area contributed by atoms with Crippen LogP contribution in [0.5, 0.6) is 0 Å². The van der Waals surface area contributed by atoms with Crippen molar-refractivity contribution in [3.05, 3.63) is 29.8 Å². The summed E-state index contributed by atoms with van der Waals surface area (Å²) in [6.45, 7) is 0. The Morgan fingerprint density at radius 2 is 1.83 bits per heavy atom. The Kier molecular flexibility index (Phi) is 3.99. The number of anilines is 1. The first-order chi connectivity index (χ1) is 8.72. The lowest BCUT2D eigenvalue weighted by molar-refractivity contribution is -0.113. The highest BCUT2D eigenvalue weighted by Gasteiger charge is 2.16. The minimum absolute atomic E-state index is 0.527. The van der Waals surface area contributed by atoms with Gasteiger partial charge in [-0.25, -0.2) is 0 Å². The van der Waals surface area contributed by atoms with Crippen LogP contribution in [0.15, 0.2) is 24.3 Å². The zero-order chi connectivity index (χ0) is 13.0. The highest BCUT2D eigenvalue weighted by molar-refractivity contribution is 6.03. The molecule has 0 bridgehead atoms. The number of hydrogen-bond donors (Lipinski definition) is 0. The molecule has 0 radical (unpaired) electrons. The Morgan fingerprint density at radius 3 is 2.39 bits per heavy atom. The standard InChI is InChI=1S/C15H18N2O/c1-17(15(18)11-16)14-9-7-13(8-10-14)12-5-3-2-4-6-12/h7-10,12H,2-6H2,1H3. The molecule has 1 aromatic rings. The molecule has 94 valence electrons. The highest BCUT2D eigenvalue weighted by Crippen LogP contribution is 2.33. The maximum Gasteiger partial charge on any atom is 0.329 e. The summed E-state index contributed by atoms with van der Waals surface area (Å²) in [6.07, 6.45) is 6.53. The Hall–Kier alpha value is -1.82. The lowest BCUT2D eigenvalue weighted by atomic mass is 9.84. The second-order valence-electron chi connectivity index (χ2n) is 4.90. The molecule has 1 fully saturated rings. The van der Waals surface area contributed by atoms with Crippen LogP contribution in [0.3, 0.4) is 0 Å². The maximum absolute atomic E-state index is 11.3. The molecule has 1 aliphatic rings. The fourth-order valence-corrected chi connectivity index (χ4v) is 2.60. The number of rotatable bonds is 2. The van der Waals surface area contributed by atoms with Crippen molar-refractivity contribution >= 4 is 11.6 Å². The molecule has 1 aromatic carbocycles. The second-order valence-corrected chi connectivity index (χ2v) is 4.90. The molecule has 0 aliphatic heterocycles. The molecule has 0 aromatic heterocycles. The first kappa shape index (κ1) is 12.6. The van der Waals surface area contributed by atoms with Gasteiger partial charge in [-0.3, -0.25) is 4.79 Å². The normalized spacial score (nSPS) is 16.0. The average molecular weight is 242 g/mol. The molecular weight excluding hydrogens is 224 g/mol. The van der Waals surface area contributed by atoms with E-state index < -0.39 is 5.91 Å². The second kappa shape index (κ2) is 5.68. The molecule has 1 amide bonds. The molecule has 1 aliphatic carbocycles. The van der Waals surface area contributed by atoms with Gasteiger partial charge in [0.15, 0.2) is 6.07 Å². The molecule has 2 rings (SSSR count). The minimum Gasteiger partial charge on any atom is -0.303 e. The van der Waals surface area contributed by atoms with Crippen LogP contribution in [0.4, 0.5) is 5.69 Å². The fraction of sp³-hybridized carbons (Fsp3) is 0.467. The molecule has 0 spiro atoms. The van der Waals surface area contributed by atoms with Crippen LogP contribution >= 0.6 is 0 Å². The van der Waals surface area contributed by atoms with Crippen LogP contribution in [0, 0.1) is 11.3 Å². The highest BCUT2D eigenvalue weighted by atomic mass is 16.2. The summed E-state index contributed by atoms with van der Waals surface area (Å²) < 4.78 is 0. The van der Waals surface area contributed by atoms with Crippen molar-refractivity contribution in [1.29, 1.82) is 5.26 Å². The molecule has 1 saturated carbocycles. The van der Waals surface area contributed by atoms with Gasteiger partial charge < -0.3 is 4.90 Å². The molecule has 0 atom stereocenters. The molecule has 0 unspecified atom stereocenters. The van der Waals surface area contributed by atoms with Gasteiger partial charge in [-0.05, 0) is 36.5 Å². The van der Waals surface area contributed by atoms with Crippen molar-refractivity contribution in [1.82, 2.24) is 0 Å². The summed E-state index contributed by atoms with van der Waals surface area (Å²) in [5.41, 5.74) is 2.14. The van der Waals surface area contributed by atoms with Gasteiger partial charge in [0.05, 0.1) is 0 Å². The van der Waals surface area contributed by atoms with Crippen molar-refractivity contribution in [2.45, 2.75) is 38.0 Å². The lowest BCUT2D eigenvalue weighted by Crippen LogP contribution is -2.24. The van der Waals surface area contributed by atoms with Crippen molar-refractivity contribution in [2.75, 3.05) is 11.9 Å². The third kappa shape index (κ3) is 2.70.